The Hall–Kier alpha value is -3.92. The zero-order chi connectivity index (χ0) is 28.6. The van der Waals surface area contributed by atoms with Crippen LogP contribution >= 0.6 is 0 Å². The fourth-order valence-corrected chi connectivity index (χ4v) is 5.28. The van der Waals surface area contributed by atoms with E-state index in [1.54, 1.807) is 43.3 Å². The lowest BCUT2D eigenvalue weighted by molar-refractivity contribution is -0.139. The van der Waals surface area contributed by atoms with Gasteiger partial charge in [0.05, 0.1) is 17.7 Å². The lowest BCUT2D eigenvalue weighted by Gasteiger charge is -2.32. The number of carbonyl (C=O) groups is 2. The van der Waals surface area contributed by atoms with Crippen LogP contribution in [0.2, 0.25) is 0 Å². The summed E-state index contributed by atoms with van der Waals surface area (Å²) in [6, 6.07) is 18.7. The van der Waals surface area contributed by atoms with Gasteiger partial charge < -0.3 is 15.0 Å². The quantitative estimate of drug-likeness (QED) is 0.358. The highest BCUT2D eigenvalue weighted by Gasteiger charge is 2.32. The molecule has 3 rings (SSSR count). The predicted octanol–water partition coefficient (Wildman–Crippen LogP) is 4.36. The summed E-state index contributed by atoms with van der Waals surface area (Å²) < 4.78 is 47.4. The van der Waals surface area contributed by atoms with Gasteiger partial charge in [-0.15, -0.1) is 0 Å². The van der Waals surface area contributed by atoms with Crippen molar-refractivity contribution in [1.82, 2.24) is 10.2 Å². The van der Waals surface area contributed by atoms with E-state index in [1.165, 1.54) is 54.5 Å². The largest absolute Gasteiger partial charge is 0.497 e. The number of hydrogen-bond acceptors (Lipinski definition) is 5. The van der Waals surface area contributed by atoms with E-state index in [0.29, 0.717) is 17.7 Å². The van der Waals surface area contributed by atoms with Crippen LogP contribution in [0.3, 0.4) is 0 Å². The molecule has 0 heterocycles. The van der Waals surface area contributed by atoms with Crippen molar-refractivity contribution in [2.75, 3.05) is 18.0 Å². The highest BCUT2D eigenvalue weighted by molar-refractivity contribution is 7.92. The number of sulfonamides is 1. The number of carbonyl (C=O) groups excluding carboxylic acids is 2. The van der Waals surface area contributed by atoms with Crippen LogP contribution in [-0.2, 0) is 26.2 Å². The number of nitrogens with one attached hydrogen (secondary N) is 1. The standard InChI is InChI=1S/C29H34FN3O5S/c1-5-21(2)31-29(35)22(3)32(19-23-14-16-24(30)17-15-23)28(34)20-33(25-10-9-11-26(18-25)38-4)39(36,37)27-12-7-6-8-13-27/h6-18,21-22H,5,19-20H2,1-4H3,(H,31,35). The molecule has 2 atom stereocenters. The highest BCUT2D eigenvalue weighted by Crippen LogP contribution is 2.27. The Bertz CT molecular complexity index is 1370. The second-order valence-electron chi connectivity index (χ2n) is 9.17. The van der Waals surface area contributed by atoms with Gasteiger partial charge in [0, 0.05) is 18.7 Å². The van der Waals surface area contributed by atoms with Gasteiger partial charge in [-0.25, -0.2) is 12.8 Å². The molecule has 0 aliphatic rings. The van der Waals surface area contributed by atoms with Gasteiger partial charge in [-0.2, -0.15) is 0 Å². The number of methoxy groups -OCH3 is 1. The Morgan fingerprint density at radius 1 is 0.974 bits per heavy atom. The number of anilines is 1. The summed E-state index contributed by atoms with van der Waals surface area (Å²) in [5.41, 5.74) is 0.816. The smallest absolute Gasteiger partial charge is 0.264 e. The molecule has 0 aliphatic heterocycles. The van der Waals surface area contributed by atoms with Gasteiger partial charge in [-0.1, -0.05) is 43.3 Å². The van der Waals surface area contributed by atoms with Crippen LogP contribution < -0.4 is 14.4 Å². The van der Waals surface area contributed by atoms with E-state index >= 15 is 0 Å². The van der Waals surface area contributed by atoms with Crippen molar-refractivity contribution in [2.24, 2.45) is 0 Å². The highest BCUT2D eigenvalue weighted by atomic mass is 32.2. The Morgan fingerprint density at radius 3 is 2.26 bits per heavy atom. The van der Waals surface area contributed by atoms with Gasteiger partial charge in [0.25, 0.3) is 10.0 Å². The van der Waals surface area contributed by atoms with Gasteiger partial charge in [0.2, 0.25) is 11.8 Å². The summed E-state index contributed by atoms with van der Waals surface area (Å²) in [6.07, 6.45) is 0.698. The number of hydrogen-bond donors (Lipinski definition) is 1. The van der Waals surface area contributed by atoms with Crippen LogP contribution in [0.15, 0.2) is 83.8 Å². The van der Waals surface area contributed by atoms with E-state index in [9.17, 15) is 22.4 Å². The number of nitrogens with zero attached hydrogens (tertiary/aromatic N) is 2. The minimum atomic E-state index is -4.17. The van der Waals surface area contributed by atoms with E-state index in [1.807, 2.05) is 13.8 Å². The van der Waals surface area contributed by atoms with Gasteiger partial charge in [0.15, 0.2) is 0 Å². The summed E-state index contributed by atoms with van der Waals surface area (Å²) in [5.74, 6) is -0.998. The SMILES string of the molecule is CCC(C)NC(=O)C(C)N(Cc1ccc(F)cc1)C(=O)CN(c1cccc(OC)c1)S(=O)(=O)c1ccccc1. The molecular weight excluding hydrogens is 521 g/mol. The zero-order valence-electron chi connectivity index (χ0n) is 22.5. The summed E-state index contributed by atoms with van der Waals surface area (Å²) in [7, 11) is -2.71. The summed E-state index contributed by atoms with van der Waals surface area (Å²) >= 11 is 0. The van der Waals surface area contributed by atoms with Crippen LogP contribution in [0.25, 0.3) is 0 Å². The third kappa shape index (κ3) is 7.57. The number of halogens is 1. The zero-order valence-corrected chi connectivity index (χ0v) is 23.3. The van der Waals surface area contributed by atoms with Crippen molar-refractivity contribution < 1.29 is 27.1 Å². The first-order chi connectivity index (χ1) is 18.6. The molecule has 1 N–H and O–H groups in total. The number of ether oxygens (including phenoxy) is 1. The molecule has 0 radical (unpaired) electrons. The van der Waals surface area contributed by atoms with Crippen molar-refractivity contribution in [2.45, 2.75) is 50.7 Å². The fraction of sp³-hybridized carbons (Fsp3) is 0.310. The third-order valence-electron chi connectivity index (χ3n) is 6.39. The number of benzene rings is 3. The maximum absolute atomic E-state index is 13.9. The third-order valence-corrected chi connectivity index (χ3v) is 8.17. The topological polar surface area (TPSA) is 96.0 Å². The summed E-state index contributed by atoms with van der Waals surface area (Å²) in [4.78, 5) is 28.2. The van der Waals surface area contributed by atoms with Gasteiger partial charge in [0.1, 0.15) is 24.2 Å². The van der Waals surface area contributed by atoms with Crippen LogP contribution in [0.5, 0.6) is 5.75 Å². The molecular formula is C29H34FN3O5S. The summed E-state index contributed by atoms with van der Waals surface area (Å²) in [5, 5.41) is 2.87. The van der Waals surface area contributed by atoms with E-state index in [4.69, 9.17) is 4.74 Å². The van der Waals surface area contributed by atoms with E-state index in [2.05, 4.69) is 5.32 Å². The molecule has 208 valence electrons. The molecule has 0 saturated carbocycles. The minimum Gasteiger partial charge on any atom is -0.497 e. The van der Waals surface area contributed by atoms with Crippen molar-refractivity contribution in [3.8, 4) is 5.75 Å². The summed E-state index contributed by atoms with van der Waals surface area (Å²) in [6.45, 7) is 4.77. The van der Waals surface area contributed by atoms with Crippen LogP contribution in [-0.4, -0.2) is 50.9 Å². The Morgan fingerprint density at radius 2 is 1.64 bits per heavy atom. The van der Waals surface area contributed by atoms with Gasteiger partial charge >= 0.3 is 0 Å². The lowest BCUT2D eigenvalue weighted by atomic mass is 10.1. The van der Waals surface area contributed by atoms with Crippen molar-refractivity contribution in [3.63, 3.8) is 0 Å². The van der Waals surface area contributed by atoms with Crippen LogP contribution in [0.4, 0.5) is 10.1 Å². The van der Waals surface area contributed by atoms with Gasteiger partial charge in [-0.05, 0) is 62.2 Å². The Labute approximate surface area is 229 Å². The minimum absolute atomic E-state index is 0.00765. The van der Waals surface area contributed by atoms with Gasteiger partial charge in [-0.3, -0.25) is 13.9 Å². The maximum Gasteiger partial charge on any atom is 0.264 e. The molecule has 0 fully saturated rings. The van der Waals surface area contributed by atoms with Crippen LogP contribution in [0.1, 0.15) is 32.8 Å². The molecule has 3 aromatic carbocycles. The molecule has 3 aromatic rings. The van der Waals surface area contributed by atoms with Crippen LogP contribution in [0, 0.1) is 5.82 Å². The number of rotatable bonds is 12. The Balaban J connectivity index is 2.02. The first kappa shape index (κ1) is 29.6. The maximum atomic E-state index is 13.9. The molecule has 0 saturated heterocycles. The normalized spacial score (nSPS) is 12.7. The number of amides is 2. The average Bonchev–Trinajstić information content (AvgIpc) is 2.95. The fourth-order valence-electron chi connectivity index (χ4n) is 3.85. The second kappa shape index (κ2) is 13.2. The molecule has 2 amide bonds. The monoisotopic (exact) mass is 555 g/mol. The molecule has 0 spiro atoms. The Kier molecular flexibility index (Phi) is 10.1. The molecule has 39 heavy (non-hydrogen) atoms. The second-order valence-corrected chi connectivity index (χ2v) is 11.0. The molecule has 0 bridgehead atoms. The average molecular weight is 556 g/mol. The molecule has 0 aromatic heterocycles. The molecule has 2 unspecified atom stereocenters. The van der Waals surface area contributed by atoms with E-state index in [0.717, 1.165) is 4.31 Å². The van der Waals surface area contributed by atoms with E-state index < -0.39 is 34.3 Å². The lowest BCUT2D eigenvalue weighted by Crippen LogP contribution is -2.52. The molecule has 10 heteroatoms. The first-order valence-electron chi connectivity index (χ1n) is 12.6. The molecule has 8 nitrogen and oxygen atoms in total. The first-order valence-corrected chi connectivity index (χ1v) is 14.1. The van der Waals surface area contributed by atoms with Crippen molar-refractivity contribution in [3.05, 3.63) is 90.2 Å². The van der Waals surface area contributed by atoms with Crippen molar-refractivity contribution >= 4 is 27.5 Å². The van der Waals surface area contributed by atoms with Crippen molar-refractivity contribution in [1.29, 1.82) is 0 Å². The predicted molar refractivity (Wildman–Crippen MR) is 148 cm³/mol. The molecule has 0 aliphatic carbocycles. The van der Waals surface area contributed by atoms with E-state index in [-0.39, 0.29) is 29.1 Å².